The average Bonchev–Trinajstić information content (AvgIpc) is 2.91. The first kappa shape index (κ1) is 11.4. The number of nitrogens with one attached hydrogen (secondary N) is 1. The van der Waals surface area contributed by atoms with Gasteiger partial charge in [-0.2, -0.15) is 0 Å². The molecule has 2 heterocycles. The van der Waals surface area contributed by atoms with Gasteiger partial charge in [-0.15, -0.1) is 11.3 Å². The quantitative estimate of drug-likeness (QED) is 0.575. The van der Waals surface area contributed by atoms with Crippen molar-refractivity contribution in [3.8, 4) is 10.6 Å². The molecule has 0 spiro atoms. The van der Waals surface area contributed by atoms with Crippen LogP contribution in [-0.2, 0) is 0 Å². The van der Waals surface area contributed by atoms with Crippen molar-refractivity contribution in [2.75, 3.05) is 0 Å². The monoisotopic (exact) mass is 278 g/mol. The minimum Gasteiger partial charge on any atom is -0.360 e. The van der Waals surface area contributed by atoms with Gasteiger partial charge in [-0.3, -0.25) is 4.79 Å². The predicted octanol–water partition coefficient (Wildman–Crippen LogP) is 3.80. The van der Waals surface area contributed by atoms with Gasteiger partial charge in [0.25, 0.3) is 0 Å². The Bertz CT molecular complexity index is 951. The molecule has 0 saturated heterocycles. The van der Waals surface area contributed by atoms with Crippen molar-refractivity contribution < 1.29 is 0 Å². The molecule has 0 radical (unpaired) electrons. The number of fused-ring (bicyclic) bond motifs is 2. The molecule has 0 aliphatic carbocycles. The maximum absolute atomic E-state index is 12.6. The summed E-state index contributed by atoms with van der Waals surface area (Å²) in [7, 11) is 0. The van der Waals surface area contributed by atoms with E-state index in [0.717, 1.165) is 20.7 Å². The van der Waals surface area contributed by atoms with Crippen LogP contribution in [0, 0.1) is 0 Å². The van der Waals surface area contributed by atoms with E-state index in [4.69, 9.17) is 0 Å². The van der Waals surface area contributed by atoms with Crippen LogP contribution >= 0.6 is 11.3 Å². The molecule has 96 valence electrons. The molecule has 4 heteroatoms. The van der Waals surface area contributed by atoms with E-state index in [-0.39, 0.29) is 5.43 Å². The minimum atomic E-state index is 0.0263. The van der Waals surface area contributed by atoms with Gasteiger partial charge in [-0.25, -0.2) is 4.98 Å². The maximum atomic E-state index is 12.6. The molecule has 0 bridgehead atoms. The molecular weight excluding hydrogens is 268 g/mol. The zero-order valence-electron chi connectivity index (χ0n) is 10.5. The summed E-state index contributed by atoms with van der Waals surface area (Å²) < 4.78 is 1.09. The first-order valence-electron chi connectivity index (χ1n) is 6.29. The fraction of sp³-hybridized carbons (Fsp3) is 0. The van der Waals surface area contributed by atoms with Gasteiger partial charge in [-0.05, 0) is 24.3 Å². The number of H-pyrrole nitrogens is 1. The predicted molar refractivity (Wildman–Crippen MR) is 83.2 cm³/mol. The molecule has 3 nitrogen and oxygen atoms in total. The first-order valence-corrected chi connectivity index (χ1v) is 7.11. The van der Waals surface area contributed by atoms with Crippen molar-refractivity contribution >= 4 is 32.5 Å². The lowest BCUT2D eigenvalue weighted by Gasteiger charge is -1.99. The van der Waals surface area contributed by atoms with Crippen molar-refractivity contribution in [2.45, 2.75) is 0 Å². The van der Waals surface area contributed by atoms with Crippen LogP contribution in [0.3, 0.4) is 0 Å². The Morgan fingerprint density at radius 3 is 2.70 bits per heavy atom. The molecule has 4 rings (SSSR count). The molecule has 0 saturated carbocycles. The topological polar surface area (TPSA) is 45.8 Å². The van der Waals surface area contributed by atoms with Crippen molar-refractivity contribution in [1.29, 1.82) is 0 Å². The van der Waals surface area contributed by atoms with Gasteiger partial charge in [0.1, 0.15) is 5.01 Å². The van der Waals surface area contributed by atoms with Gasteiger partial charge >= 0.3 is 0 Å². The lowest BCUT2D eigenvalue weighted by atomic mass is 10.1. The summed E-state index contributed by atoms with van der Waals surface area (Å²) in [6.07, 6.45) is 1.75. The molecule has 0 aliphatic heterocycles. The summed E-state index contributed by atoms with van der Waals surface area (Å²) in [5, 5.41) is 1.46. The SMILES string of the molecule is O=c1c(-c2nc3ccccc3s2)c[nH]c2ccccc12. The normalized spacial score (nSPS) is 11.2. The molecule has 2 aromatic heterocycles. The fourth-order valence-corrected chi connectivity index (χ4v) is 3.29. The number of para-hydroxylation sites is 2. The van der Waals surface area contributed by atoms with Gasteiger partial charge in [-0.1, -0.05) is 24.3 Å². The number of benzene rings is 2. The van der Waals surface area contributed by atoms with Crippen molar-refractivity contribution in [3.05, 3.63) is 65.0 Å². The Labute approximate surface area is 118 Å². The molecule has 1 N–H and O–H groups in total. The molecule has 0 unspecified atom stereocenters. The zero-order valence-corrected chi connectivity index (χ0v) is 11.3. The molecule has 0 amide bonds. The zero-order chi connectivity index (χ0) is 13.5. The summed E-state index contributed by atoms with van der Waals surface area (Å²) >= 11 is 1.54. The molecular formula is C16H10N2OS. The Kier molecular flexibility index (Phi) is 2.44. The van der Waals surface area contributed by atoms with E-state index >= 15 is 0 Å². The molecule has 0 aliphatic rings. The maximum Gasteiger partial charge on any atom is 0.199 e. The van der Waals surface area contributed by atoms with E-state index in [2.05, 4.69) is 9.97 Å². The smallest absolute Gasteiger partial charge is 0.199 e. The van der Waals surface area contributed by atoms with Gasteiger partial charge in [0.2, 0.25) is 0 Å². The van der Waals surface area contributed by atoms with Crippen LogP contribution in [0.5, 0.6) is 0 Å². The number of hydrogen-bond donors (Lipinski definition) is 1. The minimum absolute atomic E-state index is 0.0263. The molecule has 0 fully saturated rings. The van der Waals surface area contributed by atoms with Gasteiger partial charge in [0, 0.05) is 17.1 Å². The summed E-state index contributed by atoms with van der Waals surface area (Å²) in [5.41, 5.74) is 2.44. The Balaban J connectivity index is 2.02. The van der Waals surface area contributed by atoms with Crippen LogP contribution in [0.2, 0.25) is 0 Å². The van der Waals surface area contributed by atoms with Crippen LogP contribution < -0.4 is 5.43 Å². The second-order valence-corrected chi connectivity index (χ2v) is 5.59. The van der Waals surface area contributed by atoms with E-state index < -0.39 is 0 Å². The van der Waals surface area contributed by atoms with Crippen molar-refractivity contribution in [2.24, 2.45) is 0 Å². The van der Waals surface area contributed by atoms with Crippen molar-refractivity contribution in [1.82, 2.24) is 9.97 Å². The van der Waals surface area contributed by atoms with E-state index in [1.54, 1.807) is 17.5 Å². The standard InChI is InChI=1S/C16H10N2OS/c19-15-10-5-1-2-6-12(10)17-9-11(15)16-18-13-7-3-4-8-14(13)20-16/h1-9H,(H,17,19). The van der Waals surface area contributed by atoms with Crippen LogP contribution in [0.4, 0.5) is 0 Å². The highest BCUT2D eigenvalue weighted by Gasteiger charge is 2.11. The first-order chi connectivity index (χ1) is 9.83. The van der Waals surface area contributed by atoms with Crippen LogP contribution in [0.25, 0.3) is 31.7 Å². The summed E-state index contributed by atoms with van der Waals surface area (Å²) in [5.74, 6) is 0. The van der Waals surface area contributed by atoms with Crippen molar-refractivity contribution in [3.63, 3.8) is 0 Å². The Hall–Kier alpha value is -2.46. The van der Waals surface area contributed by atoms with E-state index in [0.29, 0.717) is 10.9 Å². The molecule has 20 heavy (non-hydrogen) atoms. The summed E-state index contributed by atoms with van der Waals surface area (Å²) in [4.78, 5) is 20.3. The third kappa shape index (κ3) is 1.66. The van der Waals surface area contributed by atoms with Crippen LogP contribution in [0.1, 0.15) is 0 Å². The van der Waals surface area contributed by atoms with Crippen LogP contribution in [0.15, 0.2) is 59.5 Å². The van der Waals surface area contributed by atoms with E-state index in [9.17, 15) is 4.79 Å². The van der Waals surface area contributed by atoms with Gasteiger partial charge in [0.05, 0.1) is 15.8 Å². The number of nitrogens with zero attached hydrogens (tertiary/aromatic N) is 1. The number of hydrogen-bond acceptors (Lipinski definition) is 3. The highest BCUT2D eigenvalue weighted by molar-refractivity contribution is 7.21. The van der Waals surface area contributed by atoms with Crippen LogP contribution in [-0.4, -0.2) is 9.97 Å². The van der Waals surface area contributed by atoms with E-state index in [1.807, 2.05) is 48.5 Å². The Morgan fingerprint density at radius 2 is 1.80 bits per heavy atom. The number of pyridine rings is 1. The number of rotatable bonds is 1. The highest BCUT2D eigenvalue weighted by atomic mass is 32.1. The average molecular weight is 278 g/mol. The second-order valence-electron chi connectivity index (χ2n) is 4.56. The molecule has 0 atom stereocenters. The lowest BCUT2D eigenvalue weighted by molar-refractivity contribution is 1.37. The number of aromatic amines is 1. The fourth-order valence-electron chi connectivity index (χ4n) is 2.31. The largest absolute Gasteiger partial charge is 0.360 e. The molecule has 4 aromatic rings. The second kappa shape index (κ2) is 4.28. The highest BCUT2D eigenvalue weighted by Crippen LogP contribution is 2.28. The number of aromatic nitrogens is 2. The third-order valence-corrected chi connectivity index (χ3v) is 4.38. The third-order valence-electron chi connectivity index (χ3n) is 3.31. The van der Waals surface area contributed by atoms with Gasteiger partial charge < -0.3 is 4.98 Å². The summed E-state index contributed by atoms with van der Waals surface area (Å²) in [6.45, 7) is 0. The molecule has 2 aromatic carbocycles. The lowest BCUT2D eigenvalue weighted by Crippen LogP contribution is -2.05. The number of thiazole rings is 1. The van der Waals surface area contributed by atoms with E-state index in [1.165, 1.54) is 0 Å². The summed E-state index contributed by atoms with van der Waals surface area (Å²) in [6, 6.07) is 15.4. The Morgan fingerprint density at radius 1 is 1.00 bits per heavy atom. The van der Waals surface area contributed by atoms with Gasteiger partial charge in [0.15, 0.2) is 5.43 Å².